The number of carbonyl (C=O) groups is 2. The number of hydrogen-bond donors (Lipinski definition) is 1. The maximum atomic E-state index is 12.0. The van der Waals surface area contributed by atoms with Gasteiger partial charge in [-0.2, -0.15) is 0 Å². The van der Waals surface area contributed by atoms with E-state index in [0.717, 1.165) is 16.7 Å². The summed E-state index contributed by atoms with van der Waals surface area (Å²) >= 11 is 0. The molecule has 1 saturated heterocycles. The number of rotatable bonds is 12. The highest BCUT2D eigenvalue weighted by Gasteiger charge is 2.52. The lowest BCUT2D eigenvalue weighted by Gasteiger charge is -2.38. The SMILES string of the molecule is C=CCO[C@H](COC(c1ccccc1)(c1ccccc1)c1ccccc1)[C@@H]1O[C@@H](O)[C@H](OC(C)=O)[C@H]1OC(C)=O. The van der Waals surface area contributed by atoms with E-state index in [9.17, 15) is 14.7 Å². The van der Waals surface area contributed by atoms with Crippen LogP contribution in [0.2, 0.25) is 0 Å². The zero-order valence-corrected chi connectivity index (χ0v) is 22.6. The van der Waals surface area contributed by atoms with Crippen molar-refractivity contribution in [1.29, 1.82) is 0 Å². The van der Waals surface area contributed by atoms with Gasteiger partial charge in [-0.25, -0.2) is 0 Å². The van der Waals surface area contributed by atoms with Crippen molar-refractivity contribution >= 4 is 11.9 Å². The number of esters is 2. The van der Waals surface area contributed by atoms with Crippen LogP contribution in [0.5, 0.6) is 0 Å². The molecule has 8 heteroatoms. The van der Waals surface area contributed by atoms with Crippen LogP contribution in [0.1, 0.15) is 30.5 Å². The second-order valence-corrected chi connectivity index (χ2v) is 9.39. The molecule has 40 heavy (non-hydrogen) atoms. The first kappa shape index (κ1) is 29.2. The minimum absolute atomic E-state index is 0.0472. The molecule has 0 aliphatic carbocycles. The summed E-state index contributed by atoms with van der Waals surface area (Å²) in [5.41, 5.74) is 1.60. The average molecular weight is 547 g/mol. The minimum Gasteiger partial charge on any atom is -0.455 e. The second kappa shape index (κ2) is 13.5. The van der Waals surface area contributed by atoms with Gasteiger partial charge in [-0.05, 0) is 16.7 Å². The van der Waals surface area contributed by atoms with Crippen molar-refractivity contribution in [3.8, 4) is 0 Å². The molecule has 1 aliphatic heterocycles. The van der Waals surface area contributed by atoms with E-state index in [1.54, 1.807) is 6.08 Å². The Morgan fingerprint density at radius 1 is 0.850 bits per heavy atom. The predicted molar refractivity (Wildman–Crippen MR) is 147 cm³/mol. The van der Waals surface area contributed by atoms with Crippen LogP contribution in [0.15, 0.2) is 104 Å². The minimum atomic E-state index is -1.53. The van der Waals surface area contributed by atoms with Crippen LogP contribution in [0.3, 0.4) is 0 Å². The Labute approximate surface area is 234 Å². The van der Waals surface area contributed by atoms with Gasteiger partial charge in [0.2, 0.25) is 0 Å². The van der Waals surface area contributed by atoms with Crippen LogP contribution in [0.25, 0.3) is 0 Å². The number of hydrogen-bond acceptors (Lipinski definition) is 8. The molecular weight excluding hydrogens is 512 g/mol. The number of aliphatic hydroxyl groups is 1. The maximum absolute atomic E-state index is 12.0. The van der Waals surface area contributed by atoms with Crippen molar-refractivity contribution in [3.05, 3.63) is 120 Å². The van der Waals surface area contributed by atoms with Crippen LogP contribution in [0, 0.1) is 0 Å². The molecule has 0 radical (unpaired) electrons. The lowest BCUT2D eigenvalue weighted by atomic mass is 9.80. The van der Waals surface area contributed by atoms with Crippen LogP contribution < -0.4 is 0 Å². The lowest BCUT2D eigenvalue weighted by molar-refractivity contribution is -0.179. The van der Waals surface area contributed by atoms with Crippen molar-refractivity contribution in [2.45, 2.75) is 50.2 Å². The van der Waals surface area contributed by atoms with E-state index in [4.69, 9.17) is 23.7 Å². The van der Waals surface area contributed by atoms with Crippen molar-refractivity contribution in [2.75, 3.05) is 13.2 Å². The molecule has 0 bridgehead atoms. The Hall–Kier alpha value is -3.82. The summed E-state index contributed by atoms with van der Waals surface area (Å²) in [5, 5.41) is 10.6. The van der Waals surface area contributed by atoms with Gasteiger partial charge in [0.15, 0.2) is 18.5 Å². The third-order valence-electron chi connectivity index (χ3n) is 6.63. The van der Waals surface area contributed by atoms with Gasteiger partial charge in [0.25, 0.3) is 0 Å². The summed E-state index contributed by atoms with van der Waals surface area (Å²) in [6.45, 7) is 6.25. The van der Waals surface area contributed by atoms with Gasteiger partial charge < -0.3 is 28.8 Å². The van der Waals surface area contributed by atoms with Crippen LogP contribution in [0.4, 0.5) is 0 Å². The fourth-order valence-electron chi connectivity index (χ4n) is 5.01. The number of carbonyl (C=O) groups excluding carboxylic acids is 2. The zero-order chi connectivity index (χ0) is 28.5. The first-order valence-electron chi connectivity index (χ1n) is 13.1. The molecule has 0 amide bonds. The molecule has 1 aliphatic rings. The largest absolute Gasteiger partial charge is 0.455 e. The van der Waals surface area contributed by atoms with Gasteiger partial charge >= 0.3 is 11.9 Å². The summed E-state index contributed by atoms with van der Waals surface area (Å²) < 4.78 is 29.5. The van der Waals surface area contributed by atoms with Gasteiger partial charge in [0.1, 0.15) is 17.8 Å². The molecule has 1 N–H and O–H groups in total. The summed E-state index contributed by atoms with van der Waals surface area (Å²) in [7, 11) is 0. The van der Waals surface area contributed by atoms with E-state index in [1.807, 2.05) is 91.0 Å². The third-order valence-corrected chi connectivity index (χ3v) is 6.63. The number of benzene rings is 3. The molecule has 0 aromatic heterocycles. The highest BCUT2D eigenvalue weighted by molar-refractivity contribution is 5.67. The average Bonchev–Trinajstić information content (AvgIpc) is 3.25. The van der Waals surface area contributed by atoms with E-state index in [-0.39, 0.29) is 13.2 Å². The Morgan fingerprint density at radius 3 is 1.73 bits per heavy atom. The van der Waals surface area contributed by atoms with Gasteiger partial charge in [-0.15, -0.1) is 6.58 Å². The van der Waals surface area contributed by atoms with Crippen LogP contribution in [-0.4, -0.2) is 61.0 Å². The molecule has 1 fully saturated rings. The molecule has 210 valence electrons. The van der Waals surface area contributed by atoms with Crippen molar-refractivity contribution in [1.82, 2.24) is 0 Å². The monoisotopic (exact) mass is 546 g/mol. The van der Waals surface area contributed by atoms with Gasteiger partial charge in [0.05, 0.1) is 13.2 Å². The normalized spacial score (nSPS) is 21.4. The Bertz CT molecular complexity index is 1150. The Balaban J connectivity index is 1.77. The molecule has 4 rings (SSSR count). The Kier molecular flexibility index (Phi) is 9.84. The molecule has 0 unspecified atom stereocenters. The summed E-state index contributed by atoms with van der Waals surface area (Å²) in [6.07, 6.45) is -4.19. The van der Waals surface area contributed by atoms with Gasteiger partial charge in [0, 0.05) is 13.8 Å². The lowest BCUT2D eigenvalue weighted by Crippen LogP contribution is -2.47. The first-order chi connectivity index (χ1) is 19.4. The van der Waals surface area contributed by atoms with Gasteiger partial charge in [-0.1, -0.05) is 97.1 Å². The Morgan fingerprint density at radius 2 is 1.30 bits per heavy atom. The van der Waals surface area contributed by atoms with Crippen molar-refractivity contribution < 1.29 is 38.4 Å². The number of aliphatic hydroxyl groups excluding tert-OH is 1. The molecule has 0 saturated carbocycles. The van der Waals surface area contributed by atoms with E-state index in [0.29, 0.717) is 0 Å². The molecule has 0 spiro atoms. The van der Waals surface area contributed by atoms with Crippen LogP contribution in [-0.2, 0) is 38.9 Å². The van der Waals surface area contributed by atoms with Crippen LogP contribution >= 0.6 is 0 Å². The number of ether oxygens (including phenoxy) is 5. The van der Waals surface area contributed by atoms with E-state index >= 15 is 0 Å². The van der Waals surface area contributed by atoms with E-state index in [1.165, 1.54) is 13.8 Å². The molecule has 3 aromatic carbocycles. The highest BCUT2D eigenvalue weighted by Crippen LogP contribution is 2.41. The first-order valence-corrected chi connectivity index (χ1v) is 13.1. The second-order valence-electron chi connectivity index (χ2n) is 9.39. The molecule has 8 nitrogen and oxygen atoms in total. The maximum Gasteiger partial charge on any atom is 0.303 e. The quantitative estimate of drug-likeness (QED) is 0.206. The zero-order valence-electron chi connectivity index (χ0n) is 22.6. The topological polar surface area (TPSA) is 101 Å². The molecule has 5 atom stereocenters. The van der Waals surface area contributed by atoms with Crippen molar-refractivity contribution in [2.24, 2.45) is 0 Å². The molecule has 1 heterocycles. The van der Waals surface area contributed by atoms with Crippen molar-refractivity contribution in [3.63, 3.8) is 0 Å². The highest BCUT2D eigenvalue weighted by atomic mass is 16.7. The fraction of sp³-hybridized carbons (Fsp3) is 0.312. The fourth-order valence-corrected chi connectivity index (χ4v) is 5.01. The summed E-state index contributed by atoms with van der Waals surface area (Å²) in [5.74, 6) is -1.28. The summed E-state index contributed by atoms with van der Waals surface area (Å²) in [4.78, 5) is 23.8. The third kappa shape index (κ3) is 6.48. The van der Waals surface area contributed by atoms with Gasteiger partial charge in [-0.3, -0.25) is 9.59 Å². The smallest absolute Gasteiger partial charge is 0.303 e. The molecule has 3 aromatic rings. The summed E-state index contributed by atoms with van der Waals surface area (Å²) in [6, 6.07) is 29.5. The standard InChI is InChI=1S/C32H34O8/c1-4-20-36-27(28-29(38-22(2)33)30(31(35)40-28)39-23(3)34)21-37-32(24-14-8-5-9-15-24,25-16-10-6-11-17-25)26-18-12-7-13-19-26/h4-19,27-31,35H,1,20-21H2,2-3H3/t27-,28+,29+,30-,31-/m1/s1. The van der Waals surface area contributed by atoms with E-state index < -0.39 is 48.2 Å². The predicted octanol–water partition coefficient (Wildman–Crippen LogP) is 4.15. The van der Waals surface area contributed by atoms with E-state index in [2.05, 4.69) is 6.58 Å². The molecular formula is C32H34O8.